The molecule has 2 rings (SSSR count). The van der Waals surface area contributed by atoms with Gasteiger partial charge < -0.3 is 4.90 Å². The van der Waals surface area contributed by atoms with E-state index in [2.05, 4.69) is 34.7 Å². The molecule has 0 amide bonds. The Morgan fingerprint density at radius 1 is 1.31 bits per heavy atom. The molecule has 1 aliphatic rings. The largest absolute Gasteiger partial charge is 0.371 e. The van der Waals surface area contributed by atoms with E-state index < -0.39 is 0 Å². The number of anilines is 1. The summed E-state index contributed by atoms with van der Waals surface area (Å²) >= 11 is 3.43. The molecule has 0 radical (unpaired) electrons. The van der Waals surface area contributed by atoms with Crippen LogP contribution in [0.3, 0.4) is 0 Å². The third-order valence-electron chi connectivity index (χ3n) is 3.51. The highest BCUT2D eigenvalue weighted by atomic mass is 79.9. The average Bonchev–Trinajstić information content (AvgIpc) is 2.59. The van der Waals surface area contributed by atoms with Crippen LogP contribution in [0.25, 0.3) is 0 Å². The van der Waals surface area contributed by atoms with Crippen molar-refractivity contribution in [2.45, 2.75) is 19.2 Å². The normalized spacial score (nSPS) is 25.1. The molecule has 16 heavy (non-hydrogen) atoms. The van der Waals surface area contributed by atoms with E-state index in [1.54, 1.807) is 12.1 Å². The molecule has 1 saturated heterocycles. The average molecular weight is 286 g/mol. The van der Waals surface area contributed by atoms with Crippen LogP contribution in [0.2, 0.25) is 0 Å². The third-order valence-corrected chi connectivity index (χ3v) is 4.12. The zero-order valence-corrected chi connectivity index (χ0v) is 11.3. The molecule has 88 valence electrons. The maximum Gasteiger partial charge on any atom is 0.123 e. The molecule has 0 bridgehead atoms. The molecule has 1 heterocycles. The minimum absolute atomic E-state index is 0.154. The fourth-order valence-corrected chi connectivity index (χ4v) is 2.75. The van der Waals surface area contributed by atoms with E-state index in [-0.39, 0.29) is 5.82 Å². The first-order valence-electron chi connectivity index (χ1n) is 5.71. The Balaban J connectivity index is 2.27. The van der Waals surface area contributed by atoms with Crippen molar-refractivity contribution in [3.63, 3.8) is 0 Å². The molecule has 1 aromatic carbocycles. The molecule has 0 N–H and O–H groups in total. The van der Waals surface area contributed by atoms with Crippen molar-refractivity contribution in [2.75, 3.05) is 18.0 Å². The van der Waals surface area contributed by atoms with Crippen molar-refractivity contribution in [1.29, 1.82) is 0 Å². The van der Waals surface area contributed by atoms with Crippen molar-refractivity contribution >= 4 is 21.6 Å². The molecule has 1 nitrogen and oxygen atoms in total. The Morgan fingerprint density at radius 2 is 1.94 bits per heavy atom. The summed E-state index contributed by atoms with van der Waals surface area (Å²) < 4.78 is 13.1. The van der Waals surface area contributed by atoms with Gasteiger partial charge in [0.15, 0.2) is 0 Å². The van der Waals surface area contributed by atoms with Crippen molar-refractivity contribution in [3.8, 4) is 0 Å². The summed E-state index contributed by atoms with van der Waals surface area (Å²) in [6.45, 7) is 6.71. The van der Waals surface area contributed by atoms with Gasteiger partial charge in [0.25, 0.3) is 0 Å². The summed E-state index contributed by atoms with van der Waals surface area (Å²) in [5, 5.41) is 0.708. The van der Waals surface area contributed by atoms with Crippen LogP contribution in [-0.4, -0.2) is 13.1 Å². The first kappa shape index (κ1) is 11.9. The SMILES string of the molecule is CC1CN(c2ccc(F)cc2CBr)CC1C. The molecule has 0 spiro atoms. The molecule has 0 aromatic heterocycles. The van der Waals surface area contributed by atoms with Gasteiger partial charge in [-0.3, -0.25) is 0 Å². The number of benzene rings is 1. The Morgan fingerprint density at radius 3 is 2.50 bits per heavy atom. The van der Waals surface area contributed by atoms with Crippen LogP contribution in [-0.2, 0) is 5.33 Å². The van der Waals surface area contributed by atoms with E-state index in [9.17, 15) is 4.39 Å². The molecule has 2 atom stereocenters. The van der Waals surface area contributed by atoms with Gasteiger partial charge in [-0.15, -0.1) is 0 Å². The number of nitrogens with zero attached hydrogens (tertiary/aromatic N) is 1. The van der Waals surface area contributed by atoms with Gasteiger partial charge in [0, 0.05) is 24.1 Å². The second-order valence-electron chi connectivity index (χ2n) is 4.77. The highest BCUT2D eigenvalue weighted by molar-refractivity contribution is 9.08. The van der Waals surface area contributed by atoms with Gasteiger partial charge in [-0.05, 0) is 35.6 Å². The predicted octanol–water partition coefficient (Wildman–Crippen LogP) is 3.81. The summed E-state index contributed by atoms with van der Waals surface area (Å²) in [6.07, 6.45) is 0. The van der Waals surface area contributed by atoms with Crippen molar-refractivity contribution in [2.24, 2.45) is 11.8 Å². The standard InChI is InChI=1S/C13H17BrFN/c1-9-7-16(8-10(9)2)13-4-3-12(15)5-11(13)6-14/h3-5,9-10H,6-8H2,1-2H3. The lowest BCUT2D eigenvalue weighted by molar-refractivity contribution is 0.494. The minimum Gasteiger partial charge on any atom is -0.371 e. The van der Waals surface area contributed by atoms with Crippen LogP contribution in [0.15, 0.2) is 18.2 Å². The van der Waals surface area contributed by atoms with Crippen LogP contribution in [0.4, 0.5) is 10.1 Å². The first-order chi connectivity index (χ1) is 7.61. The molecule has 2 unspecified atom stereocenters. The number of hydrogen-bond donors (Lipinski definition) is 0. The molecule has 0 saturated carbocycles. The lowest BCUT2D eigenvalue weighted by Crippen LogP contribution is -2.20. The number of alkyl halides is 1. The van der Waals surface area contributed by atoms with Crippen molar-refractivity contribution in [1.82, 2.24) is 0 Å². The summed E-state index contributed by atoms with van der Waals surface area (Å²) in [7, 11) is 0. The van der Waals surface area contributed by atoms with Gasteiger partial charge in [-0.25, -0.2) is 4.39 Å². The van der Waals surface area contributed by atoms with Crippen LogP contribution in [0.1, 0.15) is 19.4 Å². The van der Waals surface area contributed by atoms with Gasteiger partial charge in [0.2, 0.25) is 0 Å². The number of halogens is 2. The van der Waals surface area contributed by atoms with Crippen molar-refractivity contribution < 1.29 is 4.39 Å². The lowest BCUT2D eigenvalue weighted by atomic mass is 10.0. The van der Waals surface area contributed by atoms with Gasteiger partial charge in [0.05, 0.1) is 0 Å². The Bertz CT molecular complexity index is 370. The molecular formula is C13H17BrFN. The van der Waals surface area contributed by atoms with E-state index >= 15 is 0 Å². The quantitative estimate of drug-likeness (QED) is 0.747. The zero-order valence-electron chi connectivity index (χ0n) is 9.71. The fourth-order valence-electron chi connectivity index (χ4n) is 2.30. The summed E-state index contributed by atoms with van der Waals surface area (Å²) in [6, 6.07) is 5.07. The summed E-state index contributed by atoms with van der Waals surface area (Å²) in [4.78, 5) is 2.37. The van der Waals surface area contributed by atoms with Gasteiger partial charge >= 0.3 is 0 Å². The molecule has 1 fully saturated rings. The molecule has 0 aliphatic carbocycles. The Hall–Kier alpha value is -0.570. The van der Waals surface area contributed by atoms with Crippen LogP contribution < -0.4 is 4.90 Å². The minimum atomic E-state index is -0.154. The second-order valence-corrected chi connectivity index (χ2v) is 5.33. The fraction of sp³-hybridized carbons (Fsp3) is 0.538. The van der Waals surface area contributed by atoms with E-state index in [1.165, 1.54) is 5.69 Å². The third kappa shape index (κ3) is 2.24. The van der Waals surface area contributed by atoms with E-state index in [1.807, 2.05) is 6.07 Å². The van der Waals surface area contributed by atoms with E-state index in [4.69, 9.17) is 0 Å². The highest BCUT2D eigenvalue weighted by Crippen LogP contribution is 2.31. The van der Waals surface area contributed by atoms with E-state index in [0.29, 0.717) is 17.2 Å². The Labute approximate surface area is 105 Å². The first-order valence-corrected chi connectivity index (χ1v) is 6.83. The maximum absolute atomic E-state index is 13.1. The monoisotopic (exact) mass is 285 g/mol. The lowest BCUT2D eigenvalue weighted by Gasteiger charge is -2.21. The van der Waals surface area contributed by atoms with Crippen LogP contribution in [0.5, 0.6) is 0 Å². The van der Waals surface area contributed by atoms with Gasteiger partial charge in [-0.1, -0.05) is 29.8 Å². The van der Waals surface area contributed by atoms with Crippen molar-refractivity contribution in [3.05, 3.63) is 29.6 Å². The van der Waals surface area contributed by atoms with Crippen LogP contribution in [0, 0.1) is 17.7 Å². The summed E-state index contributed by atoms with van der Waals surface area (Å²) in [5.41, 5.74) is 2.22. The topological polar surface area (TPSA) is 3.24 Å². The molecule has 1 aromatic rings. The molecule has 3 heteroatoms. The Kier molecular flexibility index (Phi) is 3.53. The summed E-state index contributed by atoms with van der Waals surface area (Å²) in [5.74, 6) is 1.28. The predicted molar refractivity (Wildman–Crippen MR) is 69.6 cm³/mol. The second kappa shape index (κ2) is 4.74. The number of hydrogen-bond acceptors (Lipinski definition) is 1. The van der Waals surface area contributed by atoms with Gasteiger partial charge in [0.1, 0.15) is 5.82 Å². The maximum atomic E-state index is 13.1. The molecular weight excluding hydrogens is 269 g/mol. The highest BCUT2D eigenvalue weighted by Gasteiger charge is 2.27. The van der Waals surface area contributed by atoms with E-state index in [0.717, 1.165) is 18.7 Å². The van der Waals surface area contributed by atoms with Crippen LogP contribution >= 0.6 is 15.9 Å². The number of rotatable bonds is 2. The van der Waals surface area contributed by atoms with Gasteiger partial charge in [-0.2, -0.15) is 0 Å². The molecule has 1 aliphatic heterocycles. The zero-order chi connectivity index (χ0) is 11.7. The smallest absolute Gasteiger partial charge is 0.123 e.